The van der Waals surface area contributed by atoms with Crippen LogP contribution in [0.2, 0.25) is 0 Å². The van der Waals surface area contributed by atoms with E-state index in [1.165, 1.54) is 5.56 Å². The first-order valence-corrected chi connectivity index (χ1v) is 5.61. The van der Waals surface area contributed by atoms with Crippen molar-refractivity contribution in [1.82, 2.24) is 10.6 Å². The maximum Gasteiger partial charge on any atom is 0.0943 e. The number of benzene rings is 1. The first kappa shape index (κ1) is 10.6. The van der Waals surface area contributed by atoms with Crippen molar-refractivity contribution in [2.75, 3.05) is 0 Å². The third kappa shape index (κ3) is 2.55. The van der Waals surface area contributed by atoms with Crippen LogP contribution in [0.15, 0.2) is 30.3 Å². The minimum absolute atomic E-state index is 0.0729. The predicted molar refractivity (Wildman–Crippen MR) is 66.9 cm³/mol. The fourth-order valence-electron chi connectivity index (χ4n) is 1.93. The molecule has 80 valence electrons. The molecule has 2 rings (SSSR count). The Hall–Kier alpha value is -0.930. The van der Waals surface area contributed by atoms with Crippen LogP contribution in [-0.4, -0.2) is 16.7 Å². The van der Waals surface area contributed by atoms with Gasteiger partial charge < -0.3 is 5.32 Å². The highest BCUT2D eigenvalue weighted by Crippen LogP contribution is 2.13. The molecular weight excluding hydrogens is 204 g/mol. The number of hydrogen-bond acceptors (Lipinski definition) is 2. The standard InChI is InChI=1S/C12H16N2S/c1-12(2)13-10(11(15)14-12)8-9-6-4-3-5-7-9/h3-7,10,13H,8H2,1-2H3,(H,14,15). The van der Waals surface area contributed by atoms with E-state index in [-0.39, 0.29) is 11.7 Å². The first-order valence-electron chi connectivity index (χ1n) is 5.20. The summed E-state index contributed by atoms with van der Waals surface area (Å²) in [5.41, 5.74) is 1.24. The molecule has 1 aliphatic rings. The molecule has 1 fully saturated rings. The molecule has 1 aromatic carbocycles. The molecule has 2 N–H and O–H groups in total. The van der Waals surface area contributed by atoms with Gasteiger partial charge >= 0.3 is 0 Å². The zero-order chi connectivity index (χ0) is 10.9. The fraction of sp³-hybridized carbons (Fsp3) is 0.417. The van der Waals surface area contributed by atoms with Gasteiger partial charge in [0.2, 0.25) is 0 Å². The average molecular weight is 220 g/mol. The van der Waals surface area contributed by atoms with Crippen molar-refractivity contribution in [2.45, 2.75) is 32.0 Å². The lowest BCUT2D eigenvalue weighted by Gasteiger charge is -2.19. The van der Waals surface area contributed by atoms with Crippen molar-refractivity contribution in [2.24, 2.45) is 0 Å². The zero-order valence-corrected chi connectivity index (χ0v) is 9.90. The zero-order valence-electron chi connectivity index (χ0n) is 9.08. The SMILES string of the molecule is CC1(C)NC(=S)C(Cc2ccccc2)N1. The van der Waals surface area contributed by atoms with Gasteiger partial charge in [0, 0.05) is 0 Å². The van der Waals surface area contributed by atoms with E-state index in [1.807, 2.05) is 6.07 Å². The summed E-state index contributed by atoms with van der Waals surface area (Å²) in [6, 6.07) is 10.7. The Morgan fingerprint density at radius 3 is 2.47 bits per heavy atom. The summed E-state index contributed by atoms with van der Waals surface area (Å²) in [7, 11) is 0. The Morgan fingerprint density at radius 2 is 1.93 bits per heavy atom. The summed E-state index contributed by atoms with van der Waals surface area (Å²) in [6.07, 6.45) is 0.954. The van der Waals surface area contributed by atoms with Gasteiger partial charge in [0.25, 0.3) is 0 Å². The maximum absolute atomic E-state index is 5.31. The molecule has 0 spiro atoms. The van der Waals surface area contributed by atoms with Gasteiger partial charge in [0.05, 0.1) is 16.7 Å². The minimum atomic E-state index is -0.0729. The molecule has 1 aliphatic heterocycles. The molecule has 15 heavy (non-hydrogen) atoms. The molecule has 0 saturated carbocycles. The van der Waals surface area contributed by atoms with Gasteiger partial charge in [0.1, 0.15) is 0 Å². The van der Waals surface area contributed by atoms with E-state index in [0.29, 0.717) is 0 Å². The Bertz CT molecular complexity index is 359. The van der Waals surface area contributed by atoms with Crippen molar-refractivity contribution in [3.63, 3.8) is 0 Å². The molecule has 1 unspecified atom stereocenters. The largest absolute Gasteiger partial charge is 0.361 e. The molecule has 3 heteroatoms. The van der Waals surface area contributed by atoms with Crippen LogP contribution in [0.5, 0.6) is 0 Å². The monoisotopic (exact) mass is 220 g/mol. The van der Waals surface area contributed by atoms with Crippen LogP contribution in [0.3, 0.4) is 0 Å². The van der Waals surface area contributed by atoms with Gasteiger partial charge in [-0.05, 0) is 25.8 Å². The van der Waals surface area contributed by atoms with Gasteiger partial charge in [-0.15, -0.1) is 0 Å². The molecule has 2 nitrogen and oxygen atoms in total. The van der Waals surface area contributed by atoms with Crippen molar-refractivity contribution in [3.8, 4) is 0 Å². The highest BCUT2D eigenvalue weighted by Gasteiger charge is 2.33. The topological polar surface area (TPSA) is 24.1 Å². The van der Waals surface area contributed by atoms with E-state index in [0.717, 1.165) is 11.4 Å². The lowest BCUT2D eigenvalue weighted by atomic mass is 10.1. The van der Waals surface area contributed by atoms with Gasteiger partial charge in [-0.3, -0.25) is 5.32 Å². The fourth-order valence-corrected chi connectivity index (χ4v) is 2.32. The van der Waals surface area contributed by atoms with Crippen molar-refractivity contribution in [1.29, 1.82) is 0 Å². The number of nitrogens with one attached hydrogen (secondary N) is 2. The molecule has 1 saturated heterocycles. The van der Waals surface area contributed by atoms with E-state index in [1.54, 1.807) is 0 Å². The molecular formula is C12H16N2S. The summed E-state index contributed by atoms with van der Waals surface area (Å²) < 4.78 is 0. The molecule has 0 aliphatic carbocycles. The van der Waals surface area contributed by atoms with E-state index < -0.39 is 0 Å². The van der Waals surface area contributed by atoms with Gasteiger partial charge in [0.15, 0.2) is 0 Å². The number of thiocarbonyl (C=S) groups is 1. The van der Waals surface area contributed by atoms with E-state index in [9.17, 15) is 0 Å². The van der Waals surface area contributed by atoms with Crippen molar-refractivity contribution in [3.05, 3.63) is 35.9 Å². The van der Waals surface area contributed by atoms with Crippen LogP contribution in [0.4, 0.5) is 0 Å². The van der Waals surface area contributed by atoms with Gasteiger partial charge in [-0.1, -0.05) is 42.5 Å². The highest BCUT2D eigenvalue weighted by atomic mass is 32.1. The van der Waals surface area contributed by atoms with Crippen molar-refractivity contribution >= 4 is 17.2 Å². The second kappa shape index (κ2) is 3.91. The van der Waals surface area contributed by atoms with E-state index in [2.05, 4.69) is 48.7 Å². The molecule has 1 atom stereocenters. The molecule has 0 aromatic heterocycles. The quantitative estimate of drug-likeness (QED) is 0.744. The van der Waals surface area contributed by atoms with E-state index >= 15 is 0 Å². The third-order valence-electron chi connectivity index (χ3n) is 2.57. The third-order valence-corrected chi connectivity index (χ3v) is 2.96. The van der Waals surface area contributed by atoms with Crippen molar-refractivity contribution < 1.29 is 0 Å². The van der Waals surface area contributed by atoms with Crippen LogP contribution in [0.25, 0.3) is 0 Å². The predicted octanol–water partition coefficient (Wildman–Crippen LogP) is 1.85. The molecule has 1 aromatic rings. The Morgan fingerprint density at radius 1 is 1.27 bits per heavy atom. The van der Waals surface area contributed by atoms with Crippen LogP contribution in [0.1, 0.15) is 19.4 Å². The highest BCUT2D eigenvalue weighted by molar-refractivity contribution is 7.80. The second-order valence-electron chi connectivity index (χ2n) is 4.50. The Labute approximate surface area is 96.1 Å². The number of hydrogen-bond donors (Lipinski definition) is 2. The summed E-state index contributed by atoms with van der Waals surface area (Å²) in [5, 5.41) is 6.76. The van der Waals surface area contributed by atoms with Gasteiger partial charge in [-0.25, -0.2) is 0 Å². The lowest BCUT2D eigenvalue weighted by molar-refractivity contribution is 0.394. The summed E-state index contributed by atoms with van der Waals surface area (Å²) in [4.78, 5) is 0.920. The smallest absolute Gasteiger partial charge is 0.0943 e. The molecule has 0 amide bonds. The molecule has 0 radical (unpaired) electrons. The van der Waals surface area contributed by atoms with Gasteiger partial charge in [-0.2, -0.15) is 0 Å². The summed E-state index contributed by atoms with van der Waals surface area (Å²) >= 11 is 5.31. The van der Waals surface area contributed by atoms with Crippen LogP contribution in [-0.2, 0) is 6.42 Å². The lowest BCUT2D eigenvalue weighted by Crippen LogP contribution is -2.44. The Balaban J connectivity index is 2.05. The maximum atomic E-state index is 5.31. The molecule has 1 heterocycles. The normalized spacial score (nSPS) is 23.9. The summed E-state index contributed by atoms with van der Waals surface area (Å²) in [5.74, 6) is 0. The second-order valence-corrected chi connectivity index (χ2v) is 4.94. The van der Waals surface area contributed by atoms with E-state index in [4.69, 9.17) is 12.2 Å². The first-order chi connectivity index (χ1) is 7.07. The van der Waals surface area contributed by atoms with Crippen LogP contribution >= 0.6 is 12.2 Å². The number of rotatable bonds is 2. The average Bonchev–Trinajstić information content (AvgIpc) is 2.41. The Kier molecular flexibility index (Phi) is 2.76. The summed E-state index contributed by atoms with van der Waals surface area (Å²) in [6.45, 7) is 4.20. The molecule has 0 bridgehead atoms. The minimum Gasteiger partial charge on any atom is -0.361 e. The van der Waals surface area contributed by atoms with Crippen LogP contribution in [0, 0.1) is 0 Å². The van der Waals surface area contributed by atoms with Crippen LogP contribution < -0.4 is 10.6 Å².